The van der Waals surface area contributed by atoms with Gasteiger partial charge < -0.3 is 9.53 Å². The molecule has 0 saturated carbocycles. The van der Waals surface area contributed by atoms with Crippen molar-refractivity contribution in [3.63, 3.8) is 0 Å². The van der Waals surface area contributed by atoms with Gasteiger partial charge in [-0.3, -0.25) is 4.90 Å². The first-order chi connectivity index (χ1) is 9.58. The van der Waals surface area contributed by atoms with Crippen LogP contribution in [-0.4, -0.2) is 53.9 Å². The highest BCUT2D eigenvalue weighted by atomic mass is 35.5. The maximum absolute atomic E-state index is 10.4. The third-order valence-electron chi connectivity index (χ3n) is 3.04. The van der Waals surface area contributed by atoms with E-state index in [2.05, 4.69) is 0 Å². The molecule has 0 spiro atoms. The Balaban J connectivity index is 0.000000217. The molecule has 1 aromatic carbocycles. The molecule has 1 heterocycles. The number of hydrogen-bond acceptors (Lipinski definition) is 4. The number of alkyl halides is 1. The molecule has 2 atom stereocenters. The van der Waals surface area contributed by atoms with Crippen molar-refractivity contribution in [1.29, 1.82) is 0 Å². The molecule has 1 aromatic rings. The highest BCUT2D eigenvalue weighted by Gasteiger charge is 2.27. The van der Waals surface area contributed by atoms with Crippen LogP contribution in [0.1, 0.15) is 6.92 Å². The minimum atomic E-state index is -0.509. The smallest absolute Gasteiger partial charge is 0.152 e. The second-order valence-corrected chi connectivity index (χ2v) is 5.41. The first-order valence-corrected chi connectivity index (χ1v) is 7.20. The Morgan fingerprint density at radius 2 is 2.00 bits per heavy atom. The molecule has 1 saturated heterocycles. The quantitative estimate of drug-likeness (QED) is 0.371. The van der Waals surface area contributed by atoms with Crippen LogP contribution >= 0.6 is 23.4 Å². The molecule has 0 radical (unpaired) electrons. The van der Waals surface area contributed by atoms with Crippen molar-refractivity contribution < 1.29 is 9.53 Å². The number of aldehydes is 1. The van der Waals surface area contributed by atoms with Crippen LogP contribution in [0.15, 0.2) is 30.3 Å². The SMILES string of the molecule is CC1CN(Cl)CCN1C(Cl)C=O.COc1ccccc1. The summed E-state index contributed by atoms with van der Waals surface area (Å²) in [6.45, 7) is 4.26. The topological polar surface area (TPSA) is 32.8 Å². The molecule has 1 fully saturated rings. The van der Waals surface area contributed by atoms with E-state index in [9.17, 15) is 4.79 Å². The molecule has 0 N–H and O–H groups in total. The van der Waals surface area contributed by atoms with Crippen molar-refractivity contribution in [3.8, 4) is 5.75 Å². The van der Waals surface area contributed by atoms with Gasteiger partial charge in [0.1, 0.15) is 11.3 Å². The number of ether oxygens (including phenoxy) is 1. The Bertz CT molecular complexity index is 392. The molecule has 0 aromatic heterocycles. The summed E-state index contributed by atoms with van der Waals surface area (Å²) < 4.78 is 6.63. The Morgan fingerprint density at radius 3 is 2.45 bits per heavy atom. The molecule has 2 rings (SSSR count). The zero-order valence-corrected chi connectivity index (χ0v) is 13.2. The molecular weight excluding hydrogens is 299 g/mol. The highest BCUT2D eigenvalue weighted by Crippen LogP contribution is 2.15. The maximum atomic E-state index is 10.4. The summed E-state index contributed by atoms with van der Waals surface area (Å²) in [6, 6.07) is 9.92. The number of halogens is 2. The van der Waals surface area contributed by atoms with Crippen LogP contribution in [0, 0.1) is 0 Å². The van der Waals surface area contributed by atoms with E-state index in [0.29, 0.717) is 0 Å². The van der Waals surface area contributed by atoms with Gasteiger partial charge in [0.15, 0.2) is 6.29 Å². The molecule has 1 aliphatic rings. The van der Waals surface area contributed by atoms with E-state index in [1.54, 1.807) is 11.5 Å². The van der Waals surface area contributed by atoms with Crippen LogP contribution in [0.4, 0.5) is 0 Å². The summed E-state index contributed by atoms with van der Waals surface area (Å²) >= 11 is 11.6. The van der Waals surface area contributed by atoms with Gasteiger partial charge in [0.2, 0.25) is 0 Å². The fourth-order valence-corrected chi connectivity index (χ4v) is 2.49. The van der Waals surface area contributed by atoms with Crippen LogP contribution < -0.4 is 4.74 Å². The van der Waals surface area contributed by atoms with E-state index in [4.69, 9.17) is 28.1 Å². The lowest BCUT2D eigenvalue weighted by atomic mass is 10.2. The standard InChI is InChI=1S/C7H12Cl2N2O.C7H8O/c1-6-4-10(9)2-3-11(6)7(8)5-12;1-8-7-5-3-2-4-6-7/h5-7H,2-4H2,1H3;2-6H,1H3. The Kier molecular flexibility index (Phi) is 7.92. The summed E-state index contributed by atoms with van der Waals surface area (Å²) in [4.78, 5) is 12.3. The first-order valence-electron chi connectivity index (χ1n) is 6.43. The first kappa shape index (κ1) is 17.2. The van der Waals surface area contributed by atoms with Crippen LogP contribution in [0.2, 0.25) is 0 Å². The normalized spacial score (nSPS) is 21.5. The average molecular weight is 319 g/mol. The molecule has 0 aliphatic carbocycles. The van der Waals surface area contributed by atoms with Gasteiger partial charge in [-0.2, -0.15) is 0 Å². The second-order valence-electron chi connectivity index (χ2n) is 4.48. The highest BCUT2D eigenvalue weighted by molar-refractivity contribution is 6.27. The number of para-hydroxylation sites is 1. The van der Waals surface area contributed by atoms with E-state index >= 15 is 0 Å². The number of nitrogens with zero attached hydrogens (tertiary/aromatic N) is 2. The summed E-state index contributed by atoms with van der Waals surface area (Å²) in [7, 11) is 1.66. The minimum absolute atomic E-state index is 0.240. The lowest BCUT2D eigenvalue weighted by Crippen LogP contribution is -2.51. The lowest BCUT2D eigenvalue weighted by molar-refractivity contribution is -0.111. The molecule has 112 valence electrons. The average Bonchev–Trinajstić information content (AvgIpc) is 2.48. The lowest BCUT2D eigenvalue weighted by Gasteiger charge is -2.37. The molecule has 0 amide bonds. The summed E-state index contributed by atoms with van der Waals surface area (Å²) in [5.74, 6) is 0.910. The van der Waals surface area contributed by atoms with Crippen LogP contribution in [0.3, 0.4) is 0 Å². The van der Waals surface area contributed by atoms with E-state index < -0.39 is 5.50 Å². The van der Waals surface area contributed by atoms with Crippen molar-refractivity contribution in [2.75, 3.05) is 26.7 Å². The summed E-state index contributed by atoms with van der Waals surface area (Å²) in [5.41, 5.74) is -0.509. The van der Waals surface area contributed by atoms with Crippen molar-refractivity contribution in [3.05, 3.63) is 30.3 Å². The van der Waals surface area contributed by atoms with Gasteiger partial charge in [-0.05, 0) is 30.8 Å². The van der Waals surface area contributed by atoms with Gasteiger partial charge >= 0.3 is 0 Å². The number of carbonyl (C=O) groups excluding carboxylic acids is 1. The number of methoxy groups -OCH3 is 1. The largest absolute Gasteiger partial charge is 0.497 e. The third kappa shape index (κ3) is 5.67. The Labute approximate surface area is 130 Å². The second kappa shape index (κ2) is 9.19. The van der Waals surface area contributed by atoms with Crippen molar-refractivity contribution in [1.82, 2.24) is 9.32 Å². The zero-order valence-electron chi connectivity index (χ0n) is 11.7. The van der Waals surface area contributed by atoms with E-state index in [1.807, 2.05) is 42.2 Å². The molecule has 20 heavy (non-hydrogen) atoms. The summed E-state index contributed by atoms with van der Waals surface area (Å²) in [6.07, 6.45) is 0.752. The van der Waals surface area contributed by atoms with Crippen molar-refractivity contribution in [2.24, 2.45) is 0 Å². The fourth-order valence-electron chi connectivity index (χ4n) is 1.93. The molecule has 4 nitrogen and oxygen atoms in total. The third-order valence-corrected chi connectivity index (χ3v) is 3.70. The van der Waals surface area contributed by atoms with E-state index in [0.717, 1.165) is 31.7 Å². The Morgan fingerprint density at radius 1 is 1.35 bits per heavy atom. The predicted molar refractivity (Wildman–Crippen MR) is 82.3 cm³/mol. The van der Waals surface area contributed by atoms with Crippen LogP contribution in [0.5, 0.6) is 5.75 Å². The molecule has 6 heteroatoms. The summed E-state index contributed by atoms with van der Waals surface area (Å²) in [5, 5.41) is 0. The Hall–Kier alpha value is -0.810. The number of hydrogen-bond donors (Lipinski definition) is 0. The maximum Gasteiger partial charge on any atom is 0.152 e. The van der Waals surface area contributed by atoms with Crippen LogP contribution in [-0.2, 0) is 4.79 Å². The molecular formula is C14H20Cl2N2O2. The van der Waals surface area contributed by atoms with Gasteiger partial charge in [0.25, 0.3) is 0 Å². The minimum Gasteiger partial charge on any atom is -0.497 e. The van der Waals surface area contributed by atoms with Crippen LogP contribution in [0.25, 0.3) is 0 Å². The zero-order chi connectivity index (χ0) is 15.0. The predicted octanol–water partition coefficient (Wildman–Crippen LogP) is 2.61. The van der Waals surface area contributed by atoms with E-state index in [1.165, 1.54) is 0 Å². The molecule has 2 unspecified atom stereocenters. The van der Waals surface area contributed by atoms with Gasteiger partial charge in [0.05, 0.1) is 7.11 Å². The number of carbonyl (C=O) groups is 1. The fraction of sp³-hybridized carbons (Fsp3) is 0.500. The number of rotatable bonds is 3. The molecule has 1 aliphatic heterocycles. The van der Waals surface area contributed by atoms with Gasteiger partial charge in [0, 0.05) is 25.7 Å². The monoisotopic (exact) mass is 318 g/mol. The number of benzene rings is 1. The van der Waals surface area contributed by atoms with E-state index in [-0.39, 0.29) is 6.04 Å². The van der Waals surface area contributed by atoms with Gasteiger partial charge in [-0.15, -0.1) is 0 Å². The van der Waals surface area contributed by atoms with Gasteiger partial charge in [-0.25, -0.2) is 4.42 Å². The van der Waals surface area contributed by atoms with Crippen molar-refractivity contribution >= 4 is 29.7 Å². The molecule has 0 bridgehead atoms. The number of piperazine rings is 1. The van der Waals surface area contributed by atoms with Gasteiger partial charge in [-0.1, -0.05) is 29.8 Å². The van der Waals surface area contributed by atoms with Crippen molar-refractivity contribution in [2.45, 2.75) is 18.5 Å².